The predicted molar refractivity (Wildman–Crippen MR) is 66.5 cm³/mol. The molecule has 82 valence electrons. The highest BCUT2D eigenvalue weighted by Crippen LogP contribution is 2.31. The minimum Gasteiger partial charge on any atom is -0.397 e. The van der Waals surface area contributed by atoms with Gasteiger partial charge in [-0.2, -0.15) is 0 Å². The van der Waals surface area contributed by atoms with Gasteiger partial charge in [-0.25, -0.2) is 4.39 Å². The molecule has 1 heterocycles. The number of nitrogens with zero attached hydrogens (tertiary/aromatic N) is 1. The van der Waals surface area contributed by atoms with E-state index >= 15 is 0 Å². The first kappa shape index (κ1) is 11.1. The van der Waals surface area contributed by atoms with Crippen LogP contribution in [0.5, 0.6) is 0 Å². The summed E-state index contributed by atoms with van der Waals surface area (Å²) in [5.74, 6) is -0.340. The molecule has 2 rings (SSSR count). The molecule has 1 aromatic carbocycles. The first-order chi connectivity index (χ1) is 7.61. The second-order valence-electron chi connectivity index (χ2n) is 3.49. The fourth-order valence-corrected chi connectivity index (χ4v) is 1.84. The summed E-state index contributed by atoms with van der Waals surface area (Å²) in [5, 5.41) is 0. The smallest absolute Gasteiger partial charge is 0.146 e. The molecule has 0 unspecified atom stereocenters. The predicted octanol–water partition coefficient (Wildman–Crippen LogP) is 3.54. The van der Waals surface area contributed by atoms with Gasteiger partial charge in [0.05, 0.1) is 15.9 Å². The van der Waals surface area contributed by atoms with E-state index in [0.717, 1.165) is 5.56 Å². The monoisotopic (exact) mass is 280 g/mol. The van der Waals surface area contributed by atoms with Gasteiger partial charge in [0.15, 0.2) is 0 Å². The zero-order valence-electron chi connectivity index (χ0n) is 8.67. The molecule has 0 fully saturated rings. The molecule has 0 amide bonds. The Bertz CT molecular complexity index is 491. The summed E-state index contributed by atoms with van der Waals surface area (Å²) < 4.78 is 14.3. The molecule has 0 spiro atoms. The fraction of sp³-hybridized carbons (Fsp3) is 0.0833. The summed E-state index contributed by atoms with van der Waals surface area (Å²) >= 11 is 3.14. The molecule has 0 bridgehead atoms. The van der Waals surface area contributed by atoms with E-state index in [1.165, 1.54) is 0 Å². The van der Waals surface area contributed by atoms with Crippen molar-refractivity contribution in [3.05, 3.63) is 46.3 Å². The van der Waals surface area contributed by atoms with E-state index in [0.29, 0.717) is 21.4 Å². The van der Waals surface area contributed by atoms with Crippen LogP contribution in [0, 0.1) is 12.7 Å². The van der Waals surface area contributed by atoms with Crippen LogP contribution in [0.3, 0.4) is 0 Å². The second-order valence-corrected chi connectivity index (χ2v) is 4.35. The lowest BCUT2D eigenvalue weighted by molar-refractivity contribution is 0.624. The summed E-state index contributed by atoms with van der Waals surface area (Å²) in [5.41, 5.74) is 8.19. The molecule has 0 aliphatic rings. The first-order valence-electron chi connectivity index (χ1n) is 4.76. The topological polar surface area (TPSA) is 38.9 Å². The Hall–Kier alpha value is -1.42. The van der Waals surface area contributed by atoms with Gasteiger partial charge >= 0.3 is 0 Å². The van der Waals surface area contributed by atoms with Gasteiger partial charge in [-0.05, 0) is 46.6 Å². The third-order valence-electron chi connectivity index (χ3n) is 2.41. The molecular weight excluding hydrogens is 271 g/mol. The zero-order chi connectivity index (χ0) is 11.7. The molecule has 16 heavy (non-hydrogen) atoms. The van der Waals surface area contributed by atoms with Gasteiger partial charge in [-0.1, -0.05) is 6.07 Å². The Labute approximate surface area is 101 Å². The van der Waals surface area contributed by atoms with Crippen LogP contribution in [0.1, 0.15) is 5.56 Å². The van der Waals surface area contributed by atoms with Crippen molar-refractivity contribution in [2.24, 2.45) is 0 Å². The number of rotatable bonds is 1. The highest BCUT2D eigenvalue weighted by atomic mass is 79.9. The Balaban J connectivity index is 2.68. The van der Waals surface area contributed by atoms with Crippen LogP contribution >= 0.6 is 15.9 Å². The molecule has 0 aliphatic carbocycles. The van der Waals surface area contributed by atoms with Crippen molar-refractivity contribution >= 4 is 21.6 Å². The molecule has 0 saturated carbocycles. The van der Waals surface area contributed by atoms with Crippen LogP contribution in [0.15, 0.2) is 34.9 Å². The maximum Gasteiger partial charge on any atom is 0.146 e. The molecule has 1 aromatic heterocycles. The van der Waals surface area contributed by atoms with E-state index in [9.17, 15) is 4.39 Å². The summed E-state index contributed by atoms with van der Waals surface area (Å²) in [6.07, 6.45) is 1.63. The van der Waals surface area contributed by atoms with Gasteiger partial charge in [-0.15, -0.1) is 0 Å². The first-order valence-corrected chi connectivity index (χ1v) is 5.56. The van der Waals surface area contributed by atoms with Gasteiger partial charge in [-0.3, -0.25) is 4.98 Å². The van der Waals surface area contributed by atoms with E-state index in [1.54, 1.807) is 30.5 Å². The van der Waals surface area contributed by atoms with Crippen LogP contribution in [0.2, 0.25) is 0 Å². The number of nitrogen functional groups attached to an aromatic ring is 1. The Morgan fingerprint density at radius 3 is 2.81 bits per heavy atom. The van der Waals surface area contributed by atoms with Crippen molar-refractivity contribution in [3.8, 4) is 11.3 Å². The lowest BCUT2D eigenvalue weighted by Gasteiger charge is -2.08. The molecule has 4 heteroatoms. The second kappa shape index (κ2) is 4.22. The molecule has 0 aliphatic heterocycles. The van der Waals surface area contributed by atoms with E-state index in [1.807, 2.05) is 6.92 Å². The number of hydrogen-bond acceptors (Lipinski definition) is 2. The Morgan fingerprint density at radius 2 is 2.06 bits per heavy atom. The normalized spacial score (nSPS) is 10.4. The van der Waals surface area contributed by atoms with Gasteiger partial charge in [0.1, 0.15) is 5.82 Å². The molecule has 2 nitrogen and oxygen atoms in total. The van der Waals surface area contributed by atoms with Gasteiger partial charge in [0.25, 0.3) is 0 Å². The summed E-state index contributed by atoms with van der Waals surface area (Å²) in [6, 6.07) is 6.86. The van der Waals surface area contributed by atoms with Gasteiger partial charge < -0.3 is 5.73 Å². The van der Waals surface area contributed by atoms with Crippen LogP contribution in [-0.4, -0.2) is 4.98 Å². The average molecular weight is 281 g/mol. The molecule has 0 saturated heterocycles. The Kier molecular flexibility index (Phi) is 2.92. The molecular formula is C12H10BrFN2. The minimum absolute atomic E-state index is 0.340. The summed E-state index contributed by atoms with van der Waals surface area (Å²) in [6.45, 7) is 1.87. The number of benzene rings is 1. The number of aromatic nitrogens is 1. The SMILES string of the molecule is Cc1ccnc(-c2cccc(Br)c2F)c1N. The molecule has 2 N–H and O–H groups in total. The fourth-order valence-electron chi connectivity index (χ4n) is 1.47. The zero-order valence-corrected chi connectivity index (χ0v) is 10.3. The summed E-state index contributed by atoms with van der Waals surface area (Å²) in [4.78, 5) is 4.13. The van der Waals surface area contributed by atoms with E-state index in [4.69, 9.17) is 5.73 Å². The van der Waals surface area contributed by atoms with Crippen LogP contribution in [0.4, 0.5) is 10.1 Å². The lowest BCUT2D eigenvalue weighted by Crippen LogP contribution is -1.98. The van der Waals surface area contributed by atoms with E-state index in [2.05, 4.69) is 20.9 Å². The Morgan fingerprint density at radius 1 is 1.31 bits per heavy atom. The number of anilines is 1. The van der Waals surface area contributed by atoms with Crippen molar-refractivity contribution in [3.63, 3.8) is 0 Å². The third-order valence-corrected chi connectivity index (χ3v) is 3.03. The van der Waals surface area contributed by atoms with Crippen molar-refractivity contribution in [2.75, 3.05) is 5.73 Å². The molecule has 0 radical (unpaired) electrons. The van der Waals surface area contributed by atoms with Gasteiger partial charge in [0.2, 0.25) is 0 Å². The highest BCUT2D eigenvalue weighted by molar-refractivity contribution is 9.10. The van der Waals surface area contributed by atoms with Crippen LogP contribution in [-0.2, 0) is 0 Å². The number of aryl methyl sites for hydroxylation is 1. The van der Waals surface area contributed by atoms with Crippen LogP contribution in [0.25, 0.3) is 11.3 Å². The van der Waals surface area contributed by atoms with Crippen molar-refractivity contribution in [2.45, 2.75) is 6.92 Å². The van der Waals surface area contributed by atoms with E-state index < -0.39 is 0 Å². The van der Waals surface area contributed by atoms with Crippen molar-refractivity contribution in [1.82, 2.24) is 4.98 Å². The molecule has 0 atom stereocenters. The number of pyridine rings is 1. The third kappa shape index (κ3) is 1.80. The number of halogens is 2. The quantitative estimate of drug-likeness (QED) is 0.868. The minimum atomic E-state index is -0.340. The number of hydrogen-bond donors (Lipinski definition) is 1. The van der Waals surface area contributed by atoms with Crippen LogP contribution < -0.4 is 5.73 Å². The average Bonchev–Trinajstić information content (AvgIpc) is 2.27. The number of nitrogens with two attached hydrogens (primary N) is 1. The summed E-state index contributed by atoms with van der Waals surface area (Å²) in [7, 11) is 0. The maximum atomic E-state index is 13.9. The standard InChI is InChI=1S/C12H10BrFN2/c1-7-5-6-16-12(11(7)15)8-3-2-4-9(13)10(8)14/h2-6H,15H2,1H3. The van der Waals surface area contributed by atoms with Gasteiger partial charge in [0, 0.05) is 11.8 Å². The molecule has 2 aromatic rings. The maximum absolute atomic E-state index is 13.9. The van der Waals surface area contributed by atoms with E-state index in [-0.39, 0.29) is 5.82 Å². The largest absolute Gasteiger partial charge is 0.397 e. The highest BCUT2D eigenvalue weighted by Gasteiger charge is 2.12. The van der Waals surface area contributed by atoms with Crippen molar-refractivity contribution in [1.29, 1.82) is 0 Å². The van der Waals surface area contributed by atoms with Crippen molar-refractivity contribution < 1.29 is 4.39 Å². The lowest BCUT2D eigenvalue weighted by atomic mass is 10.1.